The van der Waals surface area contributed by atoms with Crippen molar-refractivity contribution in [1.82, 2.24) is 0 Å². The molecule has 4 nitrogen and oxygen atoms in total. The van der Waals surface area contributed by atoms with Crippen LogP contribution >= 0.6 is 11.3 Å². The van der Waals surface area contributed by atoms with Gasteiger partial charge in [-0.25, -0.2) is 0 Å². The molecule has 0 aliphatic rings. The highest BCUT2D eigenvalue weighted by Gasteiger charge is 2.17. The van der Waals surface area contributed by atoms with Crippen LogP contribution in [-0.4, -0.2) is 4.92 Å². The SMILES string of the molecule is Cc1ccc([N+](=O)[O-])c(NCc2ccc(C(C)(C)C)s2)c1. The van der Waals surface area contributed by atoms with Crippen molar-refractivity contribution in [2.45, 2.75) is 39.7 Å². The highest BCUT2D eigenvalue weighted by atomic mass is 32.1. The first-order valence-corrected chi connectivity index (χ1v) is 7.67. The number of nitrogens with one attached hydrogen (secondary N) is 1. The molecule has 0 spiro atoms. The van der Waals surface area contributed by atoms with Crippen molar-refractivity contribution >= 4 is 22.7 Å². The van der Waals surface area contributed by atoms with E-state index in [1.807, 2.05) is 13.0 Å². The predicted octanol–water partition coefficient (Wildman–Crippen LogP) is 4.87. The minimum absolute atomic E-state index is 0.119. The van der Waals surface area contributed by atoms with E-state index in [0.717, 1.165) is 5.56 Å². The van der Waals surface area contributed by atoms with E-state index in [4.69, 9.17) is 0 Å². The Hall–Kier alpha value is -1.88. The Morgan fingerprint density at radius 2 is 1.95 bits per heavy atom. The molecule has 0 radical (unpaired) electrons. The summed E-state index contributed by atoms with van der Waals surface area (Å²) in [5.74, 6) is 0. The van der Waals surface area contributed by atoms with Gasteiger partial charge in [-0.3, -0.25) is 10.1 Å². The maximum absolute atomic E-state index is 11.0. The Morgan fingerprint density at radius 3 is 2.52 bits per heavy atom. The maximum Gasteiger partial charge on any atom is 0.292 e. The van der Waals surface area contributed by atoms with Gasteiger partial charge in [0.15, 0.2) is 0 Å². The highest BCUT2D eigenvalue weighted by Crippen LogP contribution is 2.31. The minimum Gasteiger partial charge on any atom is -0.375 e. The fourth-order valence-electron chi connectivity index (χ4n) is 2.01. The third-order valence-electron chi connectivity index (χ3n) is 3.20. The molecule has 1 aromatic heterocycles. The van der Waals surface area contributed by atoms with Gasteiger partial charge in [0.25, 0.3) is 5.69 Å². The number of hydrogen-bond donors (Lipinski definition) is 1. The van der Waals surface area contributed by atoms with E-state index in [-0.39, 0.29) is 16.0 Å². The van der Waals surface area contributed by atoms with E-state index in [9.17, 15) is 10.1 Å². The molecule has 0 saturated heterocycles. The normalized spacial score (nSPS) is 11.4. The summed E-state index contributed by atoms with van der Waals surface area (Å²) in [6, 6.07) is 9.33. The zero-order valence-electron chi connectivity index (χ0n) is 12.8. The number of nitrogens with zero attached hydrogens (tertiary/aromatic N) is 1. The van der Waals surface area contributed by atoms with Gasteiger partial charge in [0.2, 0.25) is 0 Å². The van der Waals surface area contributed by atoms with E-state index in [1.165, 1.54) is 9.75 Å². The fourth-order valence-corrected chi connectivity index (χ4v) is 3.01. The monoisotopic (exact) mass is 304 g/mol. The van der Waals surface area contributed by atoms with Crippen molar-refractivity contribution in [1.29, 1.82) is 0 Å². The number of rotatable bonds is 4. The second kappa shape index (κ2) is 5.85. The summed E-state index contributed by atoms with van der Waals surface area (Å²) in [5.41, 5.74) is 1.83. The zero-order chi connectivity index (χ0) is 15.6. The molecule has 1 N–H and O–H groups in total. The van der Waals surface area contributed by atoms with Gasteiger partial charge >= 0.3 is 0 Å². The molecule has 0 amide bonds. The van der Waals surface area contributed by atoms with Crippen LogP contribution in [0.1, 0.15) is 36.1 Å². The van der Waals surface area contributed by atoms with Crippen LogP contribution in [0.15, 0.2) is 30.3 Å². The molecule has 2 rings (SSSR count). The first-order valence-electron chi connectivity index (χ1n) is 6.85. The lowest BCUT2D eigenvalue weighted by Crippen LogP contribution is -2.07. The molecular weight excluding hydrogens is 284 g/mol. The lowest BCUT2D eigenvalue weighted by Gasteiger charge is -2.15. The minimum atomic E-state index is -0.350. The van der Waals surface area contributed by atoms with Gasteiger partial charge in [-0.2, -0.15) is 0 Å². The van der Waals surface area contributed by atoms with Crippen molar-refractivity contribution in [2.75, 3.05) is 5.32 Å². The average molecular weight is 304 g/mol. The summed E-state index contributed by atoms with van der Waals surface area (Å²) in [7, 11) is 0. The third-order valence-corrected chi connectivity index (χ3v) is 4.71. The van der Waals surface area contributed by atoms with Gasteiger partial charge < -0.3 is 5.32 Å². The molecule has 0 fully saturated rings. The van der Waals surface area contributed by atoms with Crippen molar-refractivity contribution < 1.29 is 4.92 Å². The quantitative estimate of drug-likeness (QED) is 0.647. The lowest BCUT2D eigenvalue weighted by molar-refractivity contribution is -0.384. The second-order valence-electron chi connectivity index (χ2n) is 6.15. The van der Waals surface area contributed by atoms with Crippen LogP contribution < -0.4 is 5.32 Å². The Balaban J connectivity index is 2.15. The number of nitro groups is 1. The van der Waals surface area contributed by atoms with Crippen molar-refractivity contribution in [2.24, 2.45) is 0 Å². The first kappa shape index (κ1) is 15.5. The molecule has 1 heterocycles. The van der Waals surface area contributed by atoms with Crippen LogP contribution in [0.5, 0.6) is 0 Å². The highest BCUT2D eigenvalue weighted by molar-refractivity contribution is 7.12. The van der Waals surface area contributed by atoms with Gasteiger partial charge in [0.05, 0.1) is 4.92 Å². The van der Waals surface area contributed by atoms with Crippen LogP contribution in [0.2, 0.25) is 0 Å². The zero-order valence-corrected chi connectivity index (χ0v) is 13.6. The molecule has 0 aliphatic heterocycles. The Kier molecular flexibility index (Phi) is 4.32. The molecule has 0 atom stereocenters. The summed E-state index contributed by atoms with van der Waals surface area (Å²) in [6.07, 6.45) is 0. The fraction of sp³-hybridized carbons (Fsp3) is 0.375. The largest absolute Gasteiger partial charge is 0.375 e. The second-order valence-corrected chi connectivity index (χ2v) is 7.32. The van der Waals surface area contributed by atoms with Crippen LogP contribution in [0, 0.1) is 17.0 Å². The lowest BCUT2D eigenvalue weighted by atomic mass is 9.95. The Morgan fingerprint density at radius 1 is 1.24 bits per heavy atom. The summed E-state index contributed by atoms with van der Waals surface area (Å²) >= 11 is 1.75. The van der Waals surface area contributed by atoms with Crippen LogP contribution in [0.4, 0.5) is 11.4 Å². The van der Waals surface area contributed by atoms with Gasteiger partial charge in [0, 0.05) is 22.4 Å². The van der Waals surface area contributed by atoms with E-state index in [2.05, 4.69) is 38.2 Å². The number of nitro benzene ring substituents is 1. The number of thiophene rings is 1. The third kappa shape index (κ3) is 3.82. The summed E-state index contributed by atoms with van der Waals surface area (Å²) in [6.45, 7) is 9.08. The van der Waals surface area contributed by atoms with Gasteiger partial charge in [-0.1, -0.05) is 26.8 Å². The van der Waals surface area contributed by atoms with Gasteiger partial charge in [0.1, 0.15) is 5.69 Å². The summed E-state index contributed by atoms with van der Waals surface area (Å²) < 4.78 is 0. The first-order chi connectivity index (χ1) is 9.77. The van der Waals surface area contributed by atoms with Crippen molar-refractivity contribution in [3.05, 3.63) is 55.8 Å². The Labute approximate surface area is 129 Å². The Bertz CT molecular complexity index is 657. The number of anilines is 1. The average Bonchev–Trinajstić information content (AvgIpc) is 2.84. The van der Waals surface area contributed by atoms with Crippen molar-refractivity contribution in [3.8, 4) is 0 Å². The van der Waals surface area contributed by atoms with Crippen LogP contribution in [-0.2, 0) is 12.0 Å². The summed E-state index contributed by atoms with van der Waals surface area (Å²) in [4.78, 5) is 13.2. The molecule has 0 aliphatic carbocycles. The molecule has 0 unspecified atom stereocenters. The van der Waals surface area contributed by atoms with E-state index < -0.39 is 0 Å². The molecule has 0 bridgehead atoms. The predicted molar refractivity (Wildman–Crippen MR) is 88.2 cm³/mol. The molecule has 1 aromatic carbocycles. The number of hydrogen-bond acceptors (Lipinski definition) is 4. The van der Waals surface area contributed by atoms with Gasteiger partial charge in [-0.15, -0.1) is 11.3 Å². The van der Waals surface area contributed by atoms with Gasteiger partial charge in [-0.05, 0) is 36.1 Å². The molecule has 112 valence electrons. The number of aryl methyl sites for hydroxylation is 1. The van der Waals surface area contributed by atoms with Crippen LogP contribution in [0.25, 0.3) is 0 Å². The topological polar surface area (TPSA) is 55.2 Å². The standard InChI is InChI=1S/C16H20N2O2S/c1-11-5-7-14(18(19)20)13(9-11)17-10-12-6-8-15(21-12)16(2,3)4/h5-9,17H,10H2,1-4H3. The molecular formula is C16H20N2O2S. The maximum atomic E-state index is 11.0. The van der Waals surface area contributed by atoms with Crippen LogP contribution in [0.3, 0.4) is 0 Å². The molecule has 2 aromatic rings. The van der Waals surface area contributed by atoms with E-state index in [1.54, 1.807) is 23.5 Å². The molecule has 0 saturated carbocycles. The molecule has 5 heteroatoms. The van der Waals surface area contributed by atoms with E-state index >= 15 is 0 Å². The molecule has 21 heavy (non-hydrogen) atoms. The van der Waals surface area contributed by atoms with E-state index in [0.29, 0.717) is 12.2 Å². The number of benzene rings is 1. The smallest absolute Gasteiger partial charge is 0.292 e. The van der Waals surface area contributed by atoms with Crippen molar-refractivity contribution in [3.63, 3.8) is 0 Å². The summed E-state index contributed by atoms with van der Waals surface area (Å²) in [5, 5.41) is 14.2.